The lowest BCUT2D eigenvalue weighted by Crippen LogP contribution is -2.02. The predicted molar refractivity (Wildman–Crippen MR) is 45.6 cm³/mol. The number of carboxylic acid groups (broad SMARTS) is 1. The summed E-state index contributed by atoms with van der Waals surface area (Å²) in [5.41, 5.74) is 0. The Labute approximate surface area is 77.4 Å². The van der Waals surface area contributed by atoms with Crippen molar-refractivity contribution in [3.05, 3.63) is 21.3 Å². The van der Waals surface area contributed by atoms with E-state index in [1.54, 1.807) is 12.1 Å². The number of rotatable bonds is 2. The van der Waals surface area contributed by atoms with Crippen LogP contribution in [0.1, 0.15) is 10.3 Å². The van der Waals surface area contributed by atoms with Gasteiger partial charge in [0.25, 0.3) is 0 Å². The summed E-state index contributed by atoms with van der Waals surface area (Å²) in [5.74, 6) is -1.05. The summed E-state index contributed by atoms with van der Waals surface area (Å²) in [6.07, 6.45) is 0. The molecular weight excluding hydrogens is 207 g/mol. The summed E-state index contributed by atoms with van der Waals surface area (Å²) in [5, 5.41) is 7.50. The first-order valence-corrected chi connectivity index (χ1v) is 4.36. The van der Waals surface area contributed by atoms with E-state index < -0.39 is 11.3 Å². The van der Waals surface area contributed by atoms with Gasteiger partial charge in [-0.05, 0) is 12.1 Å². The highest BCUT2D eigenvalue weighted by atomic mass is 35.5. The van der Waals surface area contributed by atoms with E-state index in [1.807, 2.05) is 0 Å². The molecule has 0 amide bonds. The normalized spacial score (nSPS) is 12.9. The van der Waals surface area contributed by atoms with Crippen molar-refractivity contribution in [1.29, 1.82) is 0 Å². The van der Waals surface area contributed by atoms with Crippen molar-refractivity contribution in [2.24, 2.45) is 0 Å². The topological polar surface area (TPSA) is 37.3 Å². The number of alkyl halides is 1. The van der Waals surface area contributed by atoms with E-state index >= 15 is 0 Å². The maximum Gasteiger partial charge on any atom is 0.327 e. The fourth-order valence-electron chi connectivity index (χ4n) is 0.586. The Bertz CT molecular complexity index is 271. The smallest absolute Gasteiger partial charge is 0.327 e. The molecule has 1 unspecified atom stereocenters. The van der Waals surface area contributed by atoms with Crippen LogP contribution in [0.4, 0.5) is 0 Å². The first kappa shape index (κ1) is 8.84. The Kier molecular flexibility index (Phi) is 2.76. The lowest BCUT2D eigenvalue weighted by molar-refractivity contribution is -0.136. The van der Waals surface area contributed by atoms with Crippen LogP contribution in [0.25, 0.3) is 0 Å². The fraction of sp³-hybridized carbons (Fsp3) is 0.167. The second-order valence-electron chi connectivity index (χ2n) is 1.84. The van der Waals surface area contributed by atoms with Crippen LogP contribution in [0.5, 0.6) is 0 Å². The highest BCUT2D eigenvalue weighted by Gasteiger charge is 2.17. The third-order valence-electron chi connectivity index (χ3n) is 1.06. The molecule has 0 bridgehead atoms. The number of carbonyl (C=O) groups is 1. The van der Waals surface area contributed by atoms with Gasteiger partial charge in [0.05, 0.1) is 4.34 Å². The van der Waals surface area contributed by atoms with Gasteiger partial charge in [-0.25, -0.2) is 0 Å². The molecule has 0 aliphatic rings. The number of halogens is 2. The minimum Gasteiger partial charge on any atom is -0.480 e. The number of hydrogen-bond acceptors (Lipinski definition) is 2. The third kappa shape index (κ3) is 2.09. The van der Waals surface area contributed by atoms with Crippen LogP contribution in [0, 0.1) is 0 Å². The van der Waals surface area contributed by atoms with Crippen LogP contribution < -0.4 is 0 Å². The van der Waals surface area contributed by atoms with Crippen LogP contribution in [-0.4, -0.2) is 11.1 Å². The van der Waals surface area contributed by atoms with Crippen LogP contribution in [-0.2, 0) is 4.79 Å². The molecule has 5 heteroatoms. The zero-order valence-electron chi connectivity index (χ0n) is 5.25. The van der Waals surface area contributed by atoms with Gasteiger partial charge in [0.1, 0.15) is 0 Å². The van der Waals surface area contributed by atoms with Gasteiger partial charge in [0, 0.05) is 4.88 Å². The molecule has 1 heterocycles. The molecule has 1 N–H and O–H groups in total. The van der Waals surface area contributed by atoms with Gasteiger partial charge < -0.3 is 5.11 Å². The first-order chi connectivity index (χ1) is 5.11. The molecule has 0 saturated heterocycles. The average molecular weight is 211 g/mol. The summed E-state index contributed by atoms with van der Waals surface area (Å²) in [7, 11) is 0. The molecule has 1 rings (SSSR count). The van der Waals surface area contributed by atoms with Gasteiger partial charge in [-0.1, -0.05) is 11.6 Å². The van der Waals surface area contributed by atoms with E-state index in [4.69, 9.17) is 28.3 Å². The zero-order valence-corrected chi connectivity index (χ0v) is 7.58. The van der Waals surface area contributed by atoms with Crippen molar-refractivity contribution in [2.45, 2.75) is 5.38 Å². The van der Waals surface area contributed by atoms with Crippen LogP contribution >= 0.6 is 34.5 Å². The zero-order chi connectivity index (χ0) is 8.43. The average Bonchev–Trinajstić information content (AvgIpc) is 2.34. The summed E-state index contributed by atoms with van der Waals surface area (Å²) < 4.78 is 0.548. The number of thiophene rings is 1. The van der Waals surface area contributed by atoms with E-state index in [-0.39, 0.29) is 0 Å². The van der Waals surface area contributed by atoms with E-state index in [9.17, 15) is 4.79 Å². The molecule has 0 aliphatic carbocycles. The maximum absolute atomic E-state index is 10.3. The van der Waals surface area contributed by atoms with Crippen molar-refractivity contribution in [3.8, 4) is 0 Å². The van der Waals surface area contributed by atoms with E-state index in [0.717, 1.165) is 0 Å². The fourth-order valence-corrected chi connectivity index (χ4v) is 1.82. The predicted octanol–water partition coefficient (Wildman–Crippen LogP) is 2.77. The summed E-state index contributed by atoms with van der Waals surface area (Å²) in [4.78, 5) is 10.9. The van der Waals surface area contributed by atoms with Gasteiger partial charge in [-0.2, -0.15) is 0 Å². The Balaban J connectivity index is 2.84. The molecular formula is C6H4Cl2O2S. The van der Waals surface area contributed by atoms with Gasteiger partial charge in [-0.3, -0.25) is 4.79 Å². The molecule has 11 heavy (non-hydrogen) atoms. The first-order valence-electron chi connectivity index (χ1n) is 2.73. The van der Waals surface area contributed by atoms with E-state index in [2.05, 4.69) is 0 Å². The molecule has 0 aromatic carbocycles. The van der Waals surface area contributed by atoms with E-state index in [0.29, 0.717) is 9.21 Å². The van der Waals surface area contributed by atoms with Crippen molar-refractivity contribution in [3.63, 3.8) is 0 Å². The monoisotopic (exact) mass is 210 g/mol. The molecule has 1 aromatic heterocycles. The van der Waals surface area contributed by atoms with Gasteiger partial charge >= 0.3 is 5.97 Å². The molecule has 0 saturated carbocycles. The second kappa shape index (κ2) is 3.43. The number of hydrogen-bond donors (Lipinski definition) is 1. The molecule has 0 spiro atoms. The van der Waals surface area contributed by atoms with Crippen molar-refractivity contribution in [1.82, 2.24) is 0 Å². The third-order valence-corrected chi connectivity index (χ3v) is 2.91. The van der Waals surface area contributed by atoms with Crippen LogP contribution in [0.3, 0.4) is 0 Å². The Morgan fingerprint density at radius 1 is 1.64 bits per heavy atom. The largest absolute Gasteiger partial charge is 0.480 e. The van der Waals surface area contributed by atoms with E-state index in [1.165, 1.54) is 11.3 Å². The highest BCUT2D eigenvalue weighted by molar-refractivity contribution is 7.16. The van der Waals surface area contributed by atoms with Crippen molar-refractivity contribution in [2.75, 3.05) is 0 Å². The quantitative estimate of drug-likeness (QED) is 0.763. The minimum atomic E-state index is -1.05. The van der Waals surface area contributed by atoms with Crippen LogP contribution in [0.2, 0.25) is 4.34 Å². The molecule has 60 valence electrons. The van der Waals surface area contributed by atoms with Crippen molar-refractivity contribution < 1.29 is 9.90 Å². The molecule has 0 aliphatic heterocycles. The Morgan fingerprint density at radius 2 is 2.27 bits per heavy atom. The molecule has 2 nitrogen and oxygen atoms in total. The summed E-state index contributed by atoms with van der Waals surface area (Å²) >= 11 is 12.3. The summed E-state index contributed by atoms with van der Waals surface area (Å²) in [6, 6.07) is 3.23. The molecule has 1 atom stereocenters. The maximum atomic E-state index is 10.3. The molecule has 1 aromatic rings. The Morgan fingerprint density at radius 3 is 2.64 bits per heavy atom. The second-order valence-corrected chi connectivity index (χ2v) is 4.03. The van der Waals surface area contributed by atoms with Crippen molar-refractivity contribution >= 4 is 40.5 Å². The molecule has 0 radical (unpaired) electrons. The molecule has 0 fully saturated rings. The highest BCUT2D eigenvalue weighted by Crippen LogP contribution is 2.30. The van der Waals surface area contributed by atoms with Crippen LogP contribution in [0.15, 0.2) is 12.1 Å². The minimum absolute atomic E-state index is 0.548. The van der Waals surface area contributed by atoms with Gasteiger partial charge in [-0.15, -0.1) is 22.9 Å². The van der Waals surface area contributed by atoms with Gasteiger partial charge in [0.15, 0.2) is 5.38 Å². The Hall–Kier alpha value is -0.250. The standard InChI is InChI=1S/C6H4Cl2O2S/c7-4-2-1-3(11-4)5(8)6(9)10/h1-2,5H,(H,9,10). The SMILES string of the molecule is O=C(O)C(Cl)c1ccc(Cl)s1. The summed E-state index contributed by atoms with van der Waals surface area (Å²) in [6.45, 7) is 0. The number of carboxylic acids is 1. The number of aliphatic carboxylic acids is 1. The lowest BCUT2D eigenvalue weighted by Gasteiger charge is -1.97. The van der Waals surface area contributed by atoms with Gasteiger partial charge in [0.2, 0.25) is 0 Å². The lowest BCUT2D eigenvalue weighted by atomic mass is 10.3.